The predicted molar refractivity (Wildman–Crippen MR) is 91.5 cm³/mol. The Balaban J connectivity index is 1.80. The Labute approximate surface area is 142 Å². The first-order chi connectivity index (χ1) is 11.2. The molecule has 0 bridgehead atoms. The number of fused-ring (bicyclic) bond motifs is 1. The molecule has 0 saturated heterocycles. The van der Waals surface area contributed by atoms with E-state index in [1.165, 1.54) is 17.3 Å². The third-order valence-electron chi connectivity index (χ3n) is 4.13. The molecule has 3 aromatic rings. The fraction of sp³-hybridized carbons (Fsp3) is 0.235. The van der Waals surface area contributed by atoms with E-state index in [9.17, 15) is 4.39 Å². The molecule has 0 aliphatic carbocycles. The smallest absolute Gasteiger partial charge is 0.129 e. The first-order valence-corrected chi connectivity index (χ1v) is 8.76. The minimum atomic E-state index is -0.284. The molecule has 1 N–H and O–H groups in total. The van der Waals surface area contributed by atoms with Crippen molar-refractivity contribution in [2.45, 2.75) is 19.5 Å². The van der Waals surface area contributed by atoms with Crippen molar-refractivity contribution < 1.29 is 4.39 Å². The summed E-state index contributed by atoms with van der Waals surface area (Å²) >= 11 is 7.85. The van der Waals surface area contributed by atoms with Crippen molar-refractivity contribution in [3.05, 3.63) is 63.4 Å². The molecule has 1 aliphatic heterocycles. The molecular weight excluding hydrogens is 333 g/mol. The molecule has 1 aromatic carbocycles. The summed E-state index contributed by atoms with van der Waals surface area (Å²) in [5, 5.41) is 10.7. The van der Waals surface area contributed by atoms with Crippen LogP contribution in [0.4, 0.5) is 4.39 Å². The van der Waals surface area contributed by atoms with E-state index in [1.54, 1.807) is 23.5 Å². The zero-order valence-electron chi connectivity index (χ0n) is 12.4. The Hall–Kier alpha value is -1.69. The molecule has 0 unspecified atom stereocenters. The van der Waals surface area contributed by atoms with Crippen LogP contribution in [0.2, 0.25) is 5.02 Å². The second-order valence-electron chi connectivity index (χ2n) is 5.54. The Morgan fingerprint density at radius 3 is 3.00 bits per heavy atom. The van der Waals surface area contributed by atoms with Gasteiger partial charge < -0.3 is 5.32 Å². The summed E-state index contributed by atoms with van der Waals surface area (Å²) in [5.41, 5.74) is 3.88. The van der Waals surface area contributed by atoms with Crippen LogP contribution in [-0.4, -0.2) is 16.3 Å². The van der Waals surface area contributed by atoms with Crippen molar-refractivity contribution in [1.82, 2.24) is 15.1 Å². The van der Waals surface area contributed by atoms with Crippen LogP contribution in [0.25, 0.3) is 10.6 Å². The van der Waals surface area contributed by atoms with Crippen molar-refractivity contribution in [2.24, 2.45) is 0 Å². The second kappa shape index (κ2) is 6.07. The van der Waals surface area contributed by atoms with E-state index in [-0.39, 0.29) is 5.82 Å². The zero-order valence-corrected chi connectivity index (χ0v) is 13.9. The Morgan fingerprint density at radius 2 is 2.22 bits per heavy atom. The fourth-order valence-corrected chi connectivity index (χ4v) is 3.95. The van der Waals surface area contributed by atoms with E-state index in [0.717, 1.165) is 30.1 Å². The monoisotopic (exact) mass is 347 g/mol. The van der Waals surface area contributed by atoms with Gasteiger partial charge in [0.25, 0.3) is 0 Å². The minimum Gasteiger partial charge on any atom is -0.312 e. The first kappa shape index (κ1) is 14.9. The molecule has 0 radical (unpaired) electrons. The maximum atomic E-state index is 14.1. The summed E-state index contributed by atoms with van der Waals surface area (Å²) in [6, 6.07) is 8.88. The topological polar surface area (TPSA) is 29.9 Å². The van der Waals surface area contributed by atoms with Crippen LogP contribution < -0.4 is 5.32 Å². The SMILES string of the molecule is Fc1cccc(Cl)c1Cn1nc(-c2cccs2)c2c1CCNC2. The van der Waals surface area contributed by atoms with E-state index >= 15 is 0 Å². The lowest BCUT2D eigenvalue weighted by molar-refractivity contribution is 0.557. The van der Waals surface area contributed by atoms with Gasteiger partial charge in [0, 0.05) is 41.4 Å². The van der Waals surface area contributed by atoms with E-state index < -0.39 is 0 Å². The van der Waals surface area contributed by atoms with E-state index in [0.29, 0.717) is 17.1 Å². The molecule has 3 heterocycles. The molecule has 0 saturated carbocycles. The summed E-state index contributed by atoms with van der Waals surface area (Å²) in [6.45, 7) is 2.07. The van der Waals surface area contributed by atoms with Crippen molar-refractivity contribution in [1.29, 1.82) is 0 Å². The van der Waals surface area contributed by atoms with Crippen LogP contribution in [0.5, 0.6) is 0 Å². The molecular formula is C17H15ClFN3S. The van der Waals surface area contributed by atoms with Gasteiger partial charge in [-0.05, 0) is 23.6 Å². The number of rotatable bonds is 3. The Kier molecular flexibility index (Phi) is 3.93. The van der Waals surface area contributed by atoms with Gasteiger partial charge >= 0.3 is 0 Å². The van der Waals surface area contributed by atoms with Crippen molar-refractivity contribution in [2.75, 3.05) is 6.54 Å². The molecule has 0 spiro atoms. The largest absolute Gasteiger partial charge is 0.312 e. The fourth-order valence-electron chi connectivity index (χ4n) is 2.99. The highest BCUT2D eigenvalue weighted by molar-refractivity contribution is 7.13. The lowest BCUT2D eigenvalue weighted by Crippen LogP contribution is -2.25. The number of halogens is 2. The normalized spacial score (nSPS) is 14.0. The number of hydrogen-bond acceptors (Lipinski definition) is 3. The summed E-state index contributed by atoms with van der Waals surface area (Å²) in [4.78, 5) is 1.14. The highest BCUT2D eigenvalue weighted by atomic mass is 35.5. The number of nitrogens with zero attached hydrogens (tertiary/aromatic N) is 2. The average Bonchev–Trinajstić information content (AvgIpc) is 3.19. The van der Waals surface area contributed by atoms with Gasteiger partial charge in [-0.3, -0.25) is 4.68 Å². The van der Waals surface area contributed by atoms with Crippen LogP contribution >= 0.6 is 22.9 Å². The number of hydrogen-bond donors (Lipinski definition) is 1. The maximum Gasteiger partial charge on any atom is 0.129 e. The van der Waals surface area contributed by atoms with Crippen LogP contribution in [0, 0.1) is 5.82 Å². The van der Waals surface area contributed by atoms with Crippen molar-refractivity contribution in [3.63, 3.8) is 0 Å². The Bertz CT molecular complexity index is 822. The quantitative estimate of drug-likeness (QED) is 0.773. The van der Waals surface area contributed by atoms with Gasteiger partial charge in [0.05, 0.1) is 11.4 Å². The zero-order chi connectivity index (χ0) is 15.8. The van der Waals surface area contributed by atoms with Crippen molar-refractivity contribution >= 4 is 22.9 Å². The molecule has 0 amide bonds. The molecule has 4 rings (SSSR count). The molecule has 6 heteroatoms. The maximum absolute atomic E-state index is 14.1. The molecule has 118 valence electrons. The molecule has 3 nitrogen and oxygen atoms in total. The van der Waals surface area contributed by atoms with Gasteiger partial charge in [-0.15, -0.1) is 11.3 Å². The predicted octanol–water partition coefficient (Wildman–Crippen LogP) is 4.10. The lowest BCUT2D eigenvalue weighted by atomic mass is 10.1. The third kappa shape index (κ3) is 2.69. The van der Waals surface area contributed by atoms with Crippen LogP contribution in [0.3, 0.4) is 0 Å². The first-order valence-electron chi connectivity index (χ1n) is 7.50. The van der Waals surface area contributed by atoms with Gasteiger partial charge in [-0.1, -0.05) is 23.7 Å². The molecule has 23 heavy (non-hydrogen) atoms. The van der Waals surface area contributed by atoms with Crippen molar-refractivity contribution in [3.8, 4) is 10.6 Å². The van der Waals surface area contributed by atoms with E-state index in [4.69, 9.17) is 16.7 Å². The number of nitrogens with one attached hydrogen (secondary N) is 1. The molecule has 2 aromatic heterocycles. The van der Waals surface area contributed by atoms with Crippen LogP contribution in [0.15, 0.2) is 35.7 Å². The highest BCUT2D eigenvalue weighted by Crippen LogP contribution is 2.31. The highest BCUT2D eigenvalue weighted by Gasteiger charge is 2.23. The van der Waals surface area contributed by atoms with Gasteiger partial charge in [-0.25, -0.2) is 4.39 Å². The Morgan fingerprint density at radius 1 is 1.30 bits per heavy atom. The van der Waals surface area contributed by atoms with Gasteiger partial charge in [0.1, 0.15) is 11.5 Å². The van der Waals surface area contributed by atoms with Crippen LogP contribution in [-0.2, 0) is 19.5 Å². The molecule has 0 fully saturated rings. The second-order valence-corrected chi connectivity index (χ2v) is 6.89. The van der Waals surface area contributed by atoms with E-state index in [2.05, 4.69) is 11.4 Å². The van der Waals surface area contributed by atoms with Gasteiger partial charge in [0.15, 0.2) is 0 Å². The van der Waals surface area contributed by atoms with Gasteiger partial charge in [-0.2, -0.15) is 5.10 Å². The van der Waals surface area contributed by atoms with Gasteiger partial charge in [0.2, 0.25) is 0 Å². The average molecular weight is 348 g/mol. The summed E-state index contributed by atoms with van der Waals surface area (Å²) in [5.74, 6) is -0.284. The summed E-state index contributed by atoms with van der Waals surface area (Å²) in [6.07, 6.45) is 0.889. The standard InChI is InChI=1S/C17H15ClFN3S/c18-13-3-1-4-14(19)12(13)10-22-15-6-7-20-9-11(15)17(21-22)16-5-2-8-23-16/h1-5,8,20H,6-7,9-10H2. The molecule has 0 atom stereocenters. The number of aromatic nitrogens is 2. The van der Waals surface area contributed by atoms with E-state index in [1.807, 2.05) is 16.1 Å². The van der Waals surface area contributed by atoms with Crippen LogP contribution in [0.1, 0.15) is 16.8 Å². The molecule has 1 aliphatic rings. The lowest BCUT2D eigenvalue weighted by Gasteiger charge is -2.16. The summed E-state index contributed by atoms with van der Waals surface area (Å²) in [7, 11) is 0. The number of benzene rings is 1. The summed E-state index contributed by atoms with van der Waals surface area (Å²) < 4.78 is 16.0. The minimum absolute atomic E-state index is 0.284. The third-order valence-corrected chi connectivity index (χ3v) is 5.36. The number of thiophene rings is 1.